The molecular weight excluding hydrogens is 316 g/mol. The second-order valence-electron chi connectivity index (χ2n) is 6.51. The van der Waals surface area contributed by atoms with Crippen LogP contribution < -0.4 is 0 Å². The topological polar surface area (TPSA) is 72.1 Å². The second kappa shape index (κ2) is 6.27. The van der Waals surface area contributed by atoms with E-state index in [2.05, 4.69) is 15.1 Å². The van der Waals surface area contributed by atoms with E-state index in [1.54, 1.807) is 6.92 Å². The molecule has 4 rings (SSSR count). The van der Waals surface area contributed by atoms with Crippen molar-refractivity contribution in [2.45, 2.75) is 39.2 Å². The number of benzene rings is 1. The van der Waals surface area contributed by atoms with Gasteiger partial charge in [-0.25, -0.2) is 0 Å². The van der Waals surface area contributed by atoms with Crippen molar-refractivity contribution in [2.24, 2.45) is 0 Å². The summed E-state index contributed by atoms with van der Waals surface area (Å²) in [4.78, 5) is 24.1. The number of hydrogen-bond acceptors (Lipinski definition) is 5. The van der Waals surface area contributed by atoms with Gasteiger partial charge >= 0.3 is 0 Å². The van der Waals surface area contributed by atoms with E-state index in [0.717, 1.165) is 35.9 Å². The van der Waals surface area contributed by atoms with Crippen LogP contribution in [-0.2, 0) is 0 Å². The Morgan fingerprint density at radius 3 is 2.84 bits per heavy atom. The molecule has 0 spiro atoms. The number of fused-ring (bicyclic) bond motifs is 1. The number of para-hydroxylation sites is 1. The molecule has 1 aliphatic rings. The molecule has 0 aliphatic carbocycles. The van der Waals surface area contributed by atoms with Gasteiger partial charge in [-0.15, -0.1) is 0 Å². The zero-order chi connectivity index (χ0) is 17.4. The molecule has 3 aromatic rings. The Labute approximate surface area is 145 Å². The molecule has 3 heterocycles. The maximum absolute atomic E-state index is 13.4. The minimum Gasteiger partial charge on any atom is -0.340 e. The number of hydrogen-bond donors (Lipinski definition) is 0. The number of piperidine rings is 1. The molecule has 1 aromatic carbocycles. The van der Waals surface area contributed by atoms with E-state index in [1.165, 1.54) is 0 Å². The number of aromatic nitrogens is 3. The van der Waals surface area contributed by atoms with E-state index in [9.17, 15) is 4.79 Å². The van der Waals surface area contributed by atoms with Gasteiger partial charge in [-0.2, -0.15) is 4.98 Å². The average molecular weight is 336 g/mol. The lowest BCUT2D eigenvalue weighted by Crippen LogP contribution is -2.39. The molecule has 0 N–H and O–H groups in total. The molecule has 25 heavy (non-hydrogen) atoms. The molecule has 1 fully saturated rings. The first kappa shape index (κ1) is 15.7. The fraction of sp³-hybridized carbons (Fsp3) is 0.368. The number of nitrogens with zero attached hydrogens (tertiary/aromatic N) is 4. The summed E-state index contributed by atoms with van der Waals surface area (Å²) in [5.74, 6) is 1.13. The van der Waals surface area contributed by atoms with Crippen molar-refractivity contribution in [3.8, 4) is 0 Å². The standard InChI is InChI=1S/C19H20N4O2/c1-12-11-15(14-7-3-4-8-16(14)20-12)19(24)23-10-6-5-9-17(23)18-21-13(2)25-22-18/h3-4,7-8,11,17H,5-6,9-10H2,1-2H3. The lowest BCUT2D eigenvalue weighted by atomic mass is 9.99. The normalized spacial score (nSPS) is 17.8. The van der Waals surface area contributed by atoms with Gasteiger partial charge in [0.25, 0.3) is 5.91 Å². The molecule has 2 aromatic heterocycles. The fourth-order valence-corrected chi connectivity index (χ4v) is 3.53. The Kier molecular flexibility index (Phi) is 3.95. The van der Waals surface area contributed by atoms with E-state index in [0.29, 0.717) is 23.8 Å². The quantitative estimate of drug-likeness (QED) is 0.715. The van der Waals surface area contributed by atoms with Crippen LogP contribution in [0.15, 0.2) is 34.9 Å². The summed E-state index contributed by atoms with van der Waals surface area (Å²) in [6.45, 7) is 4.39. The molecule has 1 unspecified atom stereocenters. The molecule has 1 atom stereocenters. The molecular formula is C19H20N4O2. The van der Waals surface area contributed by atoms with Crippen LogP contribution in [0.3, 0.4) is 0 Å². The highest BCUT2D eigenvalue weighted by Crippen LogP contribution is 2.32. The van der Waals surface area contributed by atoms with Crippen molar-refractivity contribution in [1.82, 2.24) is 20.0 Å². The third kappa shape index (κ3) is 2.88. The van der Waals surface area contributed by atoms with Gasteiger partial charge in [0.05, 0.1) is 17.1 Å². The van der Waals surface area contributed by atoms with Crippen molar-refractivity contribution in [3.63, 3.8) is 0 Å². The fourth-order valence-electron chi connectivity index (χ4n) is 3.53. The Balaban J connectivity index is 1.76. The summed E-state index contributed by atoms with van der Waals surface area (Å²) >= 11 is 0. The number of carbonyl (C=O) groups excluding carboxylic acids is 1. The number of pyridine rings is 1. The van der Waals surface area contributed by atoms with E-state index in [-0.39, 0.29) is 11.9 Å². The number of amides is 1. The summed E-state index contributed by atoms with van der Waals surface area (Å²) < 4.78 is 5.13. The minimum atomic E-state index is -0.133. The molecule has 1 amide bonds. The van der Waals surface area contributed by atoms with Crippen molar-refractivity contribution >= 4 is 16.8 Å². The minimum absolute atomic E-state index is 0.00820. The highest BCUT2D eigenvalue weighted by atomic mass is 16.5. The lowest BCUT2D eigenvalue weighted by molar-refractivity contribution is 0.0598. The van der Waals surface area contributed by atoms with Gasteiger partial charge in [0.2, 0.25) is 5.89 Å². The Hall–Kier alpha value is -2.76. The SMILES string of the molecule is Cc1cc(C(=O)N2CCCCC2c2noc(C)n2)c2ccccc2n1. The molecule has 1 aliphatic heterocycles. The van der Waals surface area contributed by atoms with Crippen molar-refractivity contribution in [1.29, 1.82) is 0 Å². The Morgan fingerprint density at radius 1 is 1.20 bits per heavy atom. The van der Waals surface area contributed by atoms with E-state index in [4.69, 9.17) is 4.52 Å². The third-order valence-electron chi connectivity index (χ3n) is 4.68. The van der Waals surface area contributed by atoms with Crippen LogP contribution in [0.1, 0.15) is 53.1 Å². The second-order valence-corrected chi connectivity index (χ2v) is 6.51. The number of rotatable bonds is 2. The maximum atomic E-state index is 13.4. The molecule has 1 saturated heterocycles. The van der Waals surface area contributed by atoms with Crippen LogP contribution in [0.2, 0.25) is 0 Å². The van der Waals surface area contributed by atoms with E-state index < -0.39 is 0 Å². The van der Waals surface area contributed by atoms with Gasteiger partial charge in [0.15, 0.2) is 5.82 Å². The van der Waals surface area contributed by atoms with Gasteiger partial charge in [0, 0.05) is 24.5 Å². The monoisotopic (exact) mass is 336 g/mol. The summed E-state index contributed by atoms with van der Waals surface area (Å²) in [5, 5.41) is 4.93. The third-order valence-corrected chi connectivity index (χ3v) is 4.68. The first-order valence-corrected chi connectivity index (χ1v) is 8.61. The van der Waals surface area contributed by atoms with Crippen molar-refractivity contribution in [2.75, 3.05) is 6.54 Å². The van der Waals surface area contributed by atoms with Crippen LogP contribution in [0.25, 0.3) is 10.9 Å². The van der Waals surface area contributed by atoms with Crippen molar-refractivity contribution in [3.05, 3.63) is 53.3 Å². The number of likely N-dealkylation sites (tertiary alicyclic amines) is 1. The zero-order valence-corrected chi connectivity index (χ0v) is 14.4. The largest absolute Gasteiger partial charge is 0.340 e. The molecule has 6 heteroatoms. The summed E-state index contributed by atoms with van der Waals surface area (Å²) in [5.41, 5.74) is 2.37. The predicted octanol–water partition coefficient (Wildman–Crippen LogP) is 3.60. The van der Waals surface area contributed by atoms with Gasteiger partial charge in [0.1, 0.15) is 0 Å². The Morgan fingerprint density at radius 2 is 2.04 bits per heavy atom. The van der Waals surface area contributed by atoms with Gasteiger partial charge in [-0.05, 0) is 38.3 Å². The van der Waals surface area contributed by atoms with Crippen LogP contribution in [0, 0.1) is 13.8 Å². The first-order chi connectivity index (χ1) is 12.1. The molecule has 0 bridgehead atoms. The first-order valence-electron chi connectivity index (χ1n) is 8.61. The van der Waals surface area contributed by atoms with Gasteiger partial charge in [-0.1, -0.05) is 23.4 Å². The number of aryl methyl sites for hydroxylation is 2. The van der Waals surface area contributed by atoms with Crippen molar-refractivity contribution < 1.29 is 9.32 Å². The molecule has 6 nitrogen and oxygen atoms in total. The van der Waals surface area contributed by atoms with Gasteiger partial charge in [-0.3, -0.25) is 9.78 Å². The zero-order valence-electron chi connectivity index (χ0n) is 14.4. The van der Waals surface area contributed by atoms with E-state index in [1.807, 2.05) is 42.2 Å². The molecule has 128 valence electrons. The maximum Gasteiger partial charge on any atom is 0.255 e. The summed E-state index contributed by atoms with van der Waals surface area (Å²) in [6.07, 6.45) is 2.89. The van der Waals surface area contributed by atoms with Crippen LogP contribution in [0.5, 0.6) is 0 Å². The van der Waals surface area contributed by atoms with Gasteiger partial charge < -0.3 is 9.42 Å². The number of carbonyl (C=O) groups is 1. The summed E-state index contributed by atoms with van der Waals surface area (Å²) in [7, 11) is 0. The molecule has 0 radical (unpaired) electrons. The average Bonchev–Trinajstić information content (AvgIpc) is 3.06. The van der Waals surface area contributed by atoms with E-state index >= 15 is 0 Å². The predicted molar refractivity (Wildman–Crippen MR) is 93.1 cm³/mol. The molecule has 0 saturated carbocycles. The summed E-state index contributed by atoms with van der Waals surface area (Å²) in [6, 6.07) is 9.51. The van der Waals surface area contributed by atoms with Crippen LogP contribution >= 0.6 is 0 Å². The highest BCUT2D eigenvalue weighted by molar-refractivity contribution is 6.06. The van der Waals surface area contributed by atoms with Crippen LogP contribution in [-0.4, -0.2) is 32.5 Å². The van der Waals surface area contributed by atoms with Crippen LogP contribution in [0.4, 0.5) is 0 Å². The Bertz CT molecular complexity index is 934. The smallest absolute Gasteiger partial charge is 0.255 e. The lowest BCUT2D eigenvalue weighted by Gasteiger charge is -2.34. The highest BCUT2D eigenvalue weighted by Gasteiger charge is 2.32.